The number of unbranched alkanes of at least 4 members (excludes halogenated alkanes) is 1. The number of carbonyl (C=O) groups excluding carboxylic acids is 2. The van der Waals surface area contributed by atoms with Crippen LogP contribution in [0.25, 0.3) is 0 Å². The van der Waals surface area contributed by atoms with Gasteiger partial charge in [0.05, 0.1) is 23.0 Å². The summed E-state index contributed by atoms with van der Waals surface area (Å²) in [5.74, 6) is -1.47. The van der Waals surface area contributed by atoms with Crippen molar-refractivity contribution in [2.24, 2.45) is 22.7 Å². The summed E-state index contributed by atoms with van der Waals surface area (Å²) in [6, 6.07) is 0. The predicted molar refractivity (Wildman–Crippen MR) is 112 cm³/mol. The van der Waals surface area contributed by atoms with Gasteiger partial charge >= 0.3 is 11.9 Å². The summed E-state index contributed by atoms with van der Waals surface area (Å²) in [5, 5.41) is 40.6. The molecule has 0 rings (SSSR count). The Balaban J connectivity index is 4.37. The highest BCUT2D eigenvalue weighted by Crippen LogP contribution is 2.32. The minimum Gasteiger partial charge on any atom is -0.435 e. The van der Waals surface area contributed by atoms with Crippen molar-refractivity contribution in [1.82, 2.24) is 0 Å². The Bertz CT molecular complexity index is 493. The molecule has 0 heterocycles. The van der Waals surface area contributed by atoms with E-state index in [2.05, 4.69) is 0 Å². The van der Waals surface area contributed by atoms with Crippen LogP contribution in [0.15, 0.2) is 0 Å². The zero-order valence-electron chi connectivity index (χ0n) is 19.7. The van der Waals surface area contributed by atoms with Crippen molar-refractivity contribution in [2.45, 2.75) is 106 Å². The third-order valence-corrected chi connectivity index (χ3v) is 5.56. The van der Waals surface area contributed by atoms with Crippen molar-refractivity contribution in [2.75, 3.05) is 0 Å². The third kappa shape index (κ3) is 8.49. The molecule has 0 amide bonds. The molecule has 0 spiro atoms. The van der Waals surface area contributed by atoms with Gasteiger partial charge in [-0.3, -0.25) is 9.59 Å². The van der Waals surface area contributed by atoms with Gasteiger partial charge in [-0.25, -0.2) is 0 Å². The maximum absolute atomic E-state index is 11.9. The van der Waals surface area contributed by atoms with Crippen LogP contribution in [-0.4, -0.2) is 57.2 Å². The Labute approximate surface area is 180 Å². The summed E-state index contributed by atoms with van der Waals surface area (Å²) < 4.78 is 10.0. The molecule has 0 aromatic rings. The summed E-state index contributed by atoms with van der Waals surface area (Å²) >= 11 is 0. The van der Waals surface area contributed by atoms with Gasteiger partial charge in [0.25, 0.3) is 0 Å². The topological polar surface area (TPSA) is 134 Å². The number of hydrogen-bond acceptors (Lipinski definition) is 8. The number of esters is 2. The van der Waals surface area contributed by atoms with E-state index in [0.29, 0.717) is 12.8 Å². The van der Waals surface area contributed by atoms with Crippen molar-refractivity contribution in [3.8, 4) is 0 Å². The summed E-state index contributed by atoms with van der Waals surface area (Å²) in [7, 11) is 0. The fourth-order valence-electron chi connectivity index (χ4n) is 3.22. The first-order valence-corrected chi connectivity index (χ1v) is 10.7. The zero-order chi connectivity index (χ0) is 23.9. The Morgan fingerprint density at radius 2 is 0.933 bits per heavy atom. The SMILES string of the molecule is CC(C)C(O)C(C)(C)C(O)OC(=O)CCCCC(=O)OC(O)C(C)(C)C(O)C(C)C. The van der Waals surface area contributed by atoms with E-state index in [4.69, 9.17) is 9.47 Å². The van der Waals surface area contributed by atoms with Crippen molar-refractivity contribution < 1.29 is 39.5 Å². The molecule has 0 saturated carbocycles. The summed E-state index contributed by atoms with van der Waals surface area (Å²) in [6.45, 7) is 13.7. The number of aliphatic hydroxyl groups is 4. The highest BCUT2D eigenvalue weighted by Gasteiger charge is 2.40. The average Bonchev–Trinajstić information content (AvgIpc) is 2.63. The summed E-state index contributed by atoms with van der Waals surface area (Å²) in [5.41, 5.74) is -2.03. The summed E-state index contributed by atoms with van der Waals surface area (Å²) in [4.78, 5) is 23.9. The van der Waals surface area contributed by atoms with Gasteiger partial charge in [-0.2, -0.15) is 0 Å². The largest absolute Gasteiger partial charge is 0.435 e. The highest BCUT2D eigenvalue weighted by molar-refractivity contribution is 5.70. The third-order valence-electron chi connectivity index (χ3n) is 5.56. The Morgan fingerprint density at radius 1 is 0.667 bits per heavy atom. The molecule has 0 aliphatic rings. The van der Waals surface area contributed by atoms with E-state index in [1.54, 1.807) is 27.7 Å². The van der Waals surface area contributed by atoms with Crippen LogP contribution in [0.4, 0.5) is 0 Å². The number of ether oxygens (including phenoxy) is 2. The number of hydrogen-bond donors (Lipinski definition) is 4. The number of rotatable bonds is 13. The van der Waals surface area contributed by atoms with Crippen molar-refractivity contribution >= 4 is 11.9 Å². The molecule has 0 aliphatic heterocycles. The van der Waals surface area contributed by atoms with Crippen molar-refractivity contribution in [1.29, 1.82) is 0 Å². The number of carbonyl (C=O) groups is 2. The molecule has 8 heteroatoms. The molecule has 0 radical (unpaired) electrons. The molecular weight excluding hydrogens is 392 g/mol. The standard InChI is InChI=1S/C22H42O8/c1-13(2)17(25)21(5,6)19(27)29-15(23)11-9-10-12-16(24)30-20(28)22(7,8)18(26)14(3)4/h13-14,17-20,25-28H,9-12H2,1-8H3. The fourth-order valence-corrected chi connectivity index (χ4v) is 3.22. The van der Waals surface area contributed by atoms with Gasteiger partial charge in [-0.1, -0.05) is 55.4 Å². The first kappa shape index (κ1) is 28.8. The molecule has 4 atom stereocenters. The van der Waals surface area contributed by atoms with Crippen LogP contribution in [0, 0.1) is 22.7 Å². The van der Waals surface area contributed by atoms with Crippen LogP contribution in [0.5, 0.6) is 0 Å². The Hall–Kier alpha value is -1.22. The number of aliphatic hydroxyl groups excluding tert-OH is 4. The van der Waals surface area contributed by atoms with E-state index in [1.807, 2.05) is 27.7 Å². The molecule has 0 bridgehead atoms. The lowest BCUT2D eigenvalue weighted by molar-refractivity contribution is -0.209. The van der Waals surface area contributed by atoms with Gasteiger partial charge < -0.3 is 29.9 Å². The normalized spacial score (nSPS) is 16.9. The van der Waals surface area contributed by atoms with E-state index in [1.165, 1.54) is 0 Å². The molecule has 0 aromatic carbocycles. The van der Waals surface area contributed by atoms with Crippen LogP contribution < -0.4 is 0 Å². The lowest BCUT2D eigenvalue weighted by Crippen LogP contribution is -2.45. The second kappa shape index (κ2) is 12.0. The smallest absolute Gasteiger partial charge is 0.308 e. The minimum atomic E-state index is -1.45. The fraction of sp³-hybridized carbons (Fsp3) is 0.909. The first-order valence-electron chi connectivity index (χ1n) is 10.7. The van der Waals surface area contributed by atoms with Gasteiger partial charge in [-0.15, -0.1) is 0 Å². The molecule has 178 valence electrons. The van der Waals surface area contributed by atoms with Crippen molar-refractivity contribution in [3.63, 3.8) is 0 Å². The first-order chi connectivity index (χ1) is 13.5. The predicted octanol–water partition coefficient (Wildman–Crippen LogP) is 2.36. The second-order valence-corrected chi connectivity index (χ2v) is 9.91. The van der Waals surface area contributed by atoms with E-state index in [9.17, 15) is 30.0 Å². The van der Waals surface area contributed by atoms with Crippen LogP contribution in [0.2, 0.25) is 0 Å². The van der Waals surface area contributed by atoms with Gasteiger partial charge in [-0.05, 0) is 24.7 Å². The summed E-state index contributed by atoms with van der Waals surface area (Å²) in [6.07, 6.45) is -3.92. The molecular formula is C22H42O8. The lowest BCUT2D eigenvalue weighted by Gasteiger charge is -2.36. The zero-order valence-corrected chi connectivity index (χ0v) is 19.7. The molecule has 0 aliphatic carbocycles. The monoisotopic (exact) mass is 434 g/mol. The van der Waals surface area contributed by atoms with Gasteiger partial charge in [0.15, 0.2) is 0 Å². The van der Waals surface area contributed by atoms with Gasteiger partial charge in [0.1, 0.15) is 0 Å². The molecule has 4 N–H and O–H groups in total. The highest BCUT2D eigenvalue weighted by atomic mass is 16.6. The average molecular weight is 435 g/mol. The van der Waals surface area contributed by atoms with Crippen LogP contribution >= 0.6 is 0 Å². The molecule has 0 aromatic heterocycles. The van der Waals surface area contributed by atoms with Crippen molar-refractivity contribution in [3.05, 3.63) is 0 Å². The van der Waals surface area contributed by atoms with E-state index in [0.717, 1.165) is 0 Å². The Kier molecular flexibility index (Phi) is 11.5. The maximum Gasteiger partial charge on any atom is 0.308 e. The van der Waals surface area contributed by atoms with Gasteiger partial charge in [0.2, 0.25) is 12.6 Å². The van der Waals surface area contributed by atoms with E-state index < -0.39 is 47.6 Å². The van der Waals surface area contributed by atoms with Crippen LogP contribution in [0.1, 0.15) is 81.1 Å². The maximum atomic E-state index is 11.9. The molecule has 0 fully saturated rings. The van der Waals surface area contributed by atoms with Crippen LogP contribution in [0.3, 0.4) is 0 Å². The van der Waals surface area contributed by atoms with E-state index >= 15 is 0 Å². The molecule has 8 nitrogen and oxygen atoms in total. The van der Waals surface area contributed by atoms with E-state index in [-0.39, 0.29) is 24.7 Å². The quantitative estimate of drug-likeness (QED) is 0.197. The molecule has 0 saturated heterocycles. The second-order valence-electron chi connectivity index (χ2n) is 9.91. The molecule has 4 unspecified atom stereocenters. The molecule has 30 heavy (non-hydrogen) atoms. The lowest BCUT2D eigenvalue weighted by atomic mass is 9.80. The Morgan fingerprint density at radius 3 is 1.17 bits per heavy atom. The minimum absolute atomic E-state index is 0.00168. The van der Waals surface area contributed by atoms with Gasteiger partial charge in [0, 0.05) is 12.8 Å². The van der Waals surface area contributed by atoms with Crippen LogP contribution in [-0.2, 0) is 19.1 Å².